The zero-order chi connectivity index (χ0) is 23.1. The Bertz CT molecular complexity index is 952. The Kier molecular flexibility index (Phi) is 10.8. The predicted octanol–water partition coefficient (Wildman–Crippen LogP) is 6.30. The van der Waals surface area contributed by atoms with Gasteiger partial charge < -0.3 is 14.6 Å². The molecule has 5 nitrogen and oxygen atoms in total. The van der Waals surface area contributed by atoms with E-state index in [0.29, 0.717) is 6.54 Å². The SMILES string of the molecule is CCCCCCCCn1c(CCCCCNC(=O)COc2ccccc2)nc2ccccc21. The van der Waals surface area contributed by atoms with E-state index in [0.717, 1.165) is 43.5 Å². The van der Waals surface area contributed by atoms with Crippen LogP contribution >= 0.6 is 0 Å². The van der Waals surface area contributed by atoms with Crippen LogP contribution in [0.15, 0.2) is 54.6 Å². The van der Waals surface area contributed by atoms with Crippen LogP contribution in [0.2, 0.25) is 0 Å². The molecule has 0 aliphatic heterocycles. The Labute approximate surface area is 198 Å². The van der Waals surface area contributed by atoms with Crippen molar-refractivity contribution in [1.82, 2.24) is 14.9 Å². The number of rotatable bonds is 16. The summed E-state index contributed by atoms with van der Waals surface area (Å²) in [7, 11) is 0. The van der Waals surface area contributed by atoms with Crippen LogP contribution < -0.4 is 10.1 Å². The summed E-state index contributed by atoms with van der Waals surface area (Å²) < 4.78 is 7.91. The molecule has 0 atom stereocenters. The van der Waals surface area contributed by atoms with Crippen molar-refractivity contribution in [2.24, 2.45) is 0 Å². The van der Waals surface area contributed by atoms with E-state index in [9.17, 15) is 4.79 Å². The first-order valence-electron chi connectivity index (χ1n) is 12.7. The number of nitrogens with zero attached hydrogens (tertiary/aromatic N) is 2. The highest BCUT2D eigenvalue weighted by atomic mass is 16.5. The number of nitrogens with one attached hydrogen (secondary N) is 1. The quantitative estimate of drug-likeness (QED) is 0.261. The second kappa shape index (κ2) is 14.4. The van der Waals surface area contributed by atoms with E-state index < -0.39 is 0 Å². The van der Waals surface area contributed by atoms with Crippen molar-refractivity contribution >= 4 is 16.9 Å². The van der Waals surface area contributed by atoms with Crippen LogP contribution in [-0.4, -0.2) is 28.6 Å². The standard InChI is InChI=1S/C28H39N3O2/c1-2-3-4-5-6-15-22-31-26-19-13-12-18-25(26)30-27(31)20-11-8-14-21-29-28(32)23-33-24-16-9-7-10-17-24/h7,9-10,12-13,16-19H,2-6,8,11,14-15,20-23H2,1H3,(H,29,32). The molecule has 1 amide bonds. The monoisotopic (exact) mass is 449 g/mol. The Hall–Kier alpha value is -2.82. The summed E-state index contributed by atoms with van der Waals surface area (Å²) in [6.07, 6.45) is 11.9. The molecular formula is C28H39N3O2. The van der Waals surface area contributed by atoms with Gasteiger partial charge in [-0.3, -0.25) is 4.79 Å². The molecule has 1 aromatic heterocycles. The number of amides is 1. The van der Waals surface area contributed by atoms with Crippen LogP contribution in [-0.2, 0) is 17.8 Å². The lowest BCUT2D eigenvalue weighted by molar-refractivity contribution is -0.123. The van der Waals surface area contributed by atoms with Gasteiger partial charge in [-0.05, 0) is 43.5 Å². The average molecular weight is 450 g/mol. The van der Waals surface area contributed by atoms with Crippen molar-refractivity contribution in [2.45, 2.75) is 77.7 Å². The largest absolute Gasteiger partial charge is 0.484 e. The molecule has 33 heavy (non-hydrogen) atoms. The summed E-state index contributed by atoms with van der Waals surface area (Å²) in [5, 5.41) is 2.95. The lowest BCUT2D eigenvalue weighted by Crippen LogP contribution is -2.29. The smallest absolute Gasteiger partial charge is 0.257 e. The van der Waals surface area contributed by atoms with Gasteiger partial charge in [-0.1, -0.05) is 75.8 Å². The molecule has 0 aliphatic carbocycles. The highest BCUT2D eigenvalue weighted by molar-refractivity contribution is 5.77. The van der Waals surface area contributed by atoms with Gasteiger partial charge in [0, 0.05) is 19.5 Å². The number of imidazole rings is 1. The topological polar surface area (TPSA) is 56.2 Å². The third kappa shape index (κ3) is 8.56. The third-order valence-electron chi connectivity index (χ3n) is 5.98. The first kappa shape index (κ1) is 24.8. The van der Waals surface area contributed by atoms with Crippen LogP contribution in [0.4, 0.5) is 0 Å². The maximum atomic E-state index is 11.9. The maximum absolute atomic E-state index is 11.9. The fourth-order valence-corrected chi connectivity index (χ4v) is 4.15. The van der Waals surface area contributed by atoms with Gasteiger partial charge in [0.1, 0.15) is 11.6 Å². The predicted molar refractivity (Wildman–Crippen MR) is 136 cm³/mol. The molecular weight excluding hydrogens is 410 g/mol. The highest BCUT2D eigenvalue weighted by Gasteiger charge is 2.10. The van der Waals surface area contributed by atoms with Crippen LogP contribution in [0.5, 0.6) is 5.75 Å². The lowest BCUT2D eigenvalue weighted by Gasteiger charge is -2.10. The van der Waals surface area contributed by atoms with Crippen LogP contribution in [0, 0.1) is 0 Å². The molecule has 0 saturated heterocycles. The zero-order valence-corrected chi connectivity index (χ0v) is 20.1. The number of benzene rings is 2. The highest BCUT2D eigenvalue weighted by Crippen LogP contribution is 2.19. The fraction of sp³-hybridized carbons (Fsp3) is 0.500. The van der Waals surface area contributed by atoms with Crippen molar-refractivity contribution in [1.29, 1.82) is 0 Å². The van der Waals surface area contributed by atoms with E-state index in [1.54, 1.807) is 0 Å². The van der Waals surface area contributed by atoms with Crippen LogP contribution in [0.25, 0.3) is 11.0 Å². The van der Waals surface area contributed by atoms with Gasteiger partial charge in [0.15, 0.2) is 6.61 Å². The van der Waals surface area contributed by atoms with Gasteiger partial charge in [-0.15, -0.1) is 0 Å². The average Bonchev–Trinajstić information content (AvgIpc) is 3.20. The molecule has 0 bridgehead atoms. The first-order valence-corrected chi connectivity index (χ1v) is 12.7. The van der Waals surface area contributed by atoms with E-state index in [4.69, 9.17) is 9.72 Å². The molecule has 0 spiro atoms. The van der Waals surface area contributed by atoms with Crippen LogP contribution in [0.3, 0.4) is 0 Å². The maximum Gasteiger partial charge on any atom is 0.257 e. The van der Waals surface area contributed by atoms with E-state index in [-0.39, 0.29) is 12.5 Å². The number of aryl methyl sites for hydroxylation is 2. The van der Waals surface area contributed by atoms with E-state index in [1.807, 2.05) is 30.3 Å². The molecule has 3 rings (SSSR count). The minimum Gasteiger partial charge on any atom is -0.484 e. The first-order chi connectivity index (χ1) is 16.3. The summed E-state index contributed by atoms with van der Waals surface area (Å²) in [6, 6.07) is 17.9. The fourth-order valence-electron chi connectivity index (χ4n) is 4.15. The molecule has 3 aromatic rings. The molecule has 0 aliphatic rings. The van der Waals surface area contributed by atoms with E-state index in [1.165, 1.54) is 49.9 Å². The summed E-state index contributed by atoms with van der Waals surface area (Å²) in [6.45, 7) is 4.06. The van der Waals surface area contributed by atoms with Gasteiger partial charge in [0.05, 0.1) is 11.0 Å². The Morgan fingerprint density at radius 3 is 2.45 bits per heavy atom. The number of para-hydroxylation sites is 3. The molecule has 2 aromatic carbocycles. The van der Waals surface area contributed by atoms with Gasteiger partial charge in [0.2, 0.25) is 0 Å². The number of fused-ring (bicyclic) bond motifs is 1. The van der Waals surface area contributed by atoms with Crippen molar-refractivity contribution in [3.8, 4) is 5.75 Å². The van der Waals surface area contributed by atoms with Crippen molar-refractivity contribution in [3.05, 3.63) is 60.4 Å². The molecule has 178 valence electrons. The molecule has 0 unspecified atom stereocenters. The third-order valence-corrected chi connectivity index (χ3v) is 5.98. The Morgan fingerprint density at radius 1 is 0.879 bits per heavy atom. The summed E-state index contributed by atoms with van der Waals surface area (Å²) >= 11 is 0. The Balaban J connectivity index is 1.36. The van der Waals surface area contributed by atoms with E-state index in [2.05, 4.69) is 41.1 Å². The number of carbonyl (C=O) groups is 1. The number of hydrogen-bond donors (Lipinski definition) is 1. The normalized spacial score (nSPS) is 11.1. The molecule has 0 saturated carbocycles. The van der Waals surface area contributed by atoms with Crippen molar-refractivity contribution < 1.29 is 9.53 Å². The van der Waals surface area contributed by atoms with Gasteiger partial charge in [-0.2, -0.15) is 0 Å². The van der Waals surface area contributed by atoms with E-state index >= 15 is 0 Å². The number of ether oxygens (including phenoxy) is 1. The summed E-state index contributed by atoms with van der Waals surface area (Å²) in [5.74, 6) is 1.85. The number of carbonyl (C=O) groups excluding carboxylic acids is 1. The molecule has 5 heteroatoms. The number of hydrogen-bond acceptors (Lipinski definition) is 3. The second-order valence-corrected chi connectivity index (χ2v) is 8.70. The summed E-state index contributed by atoms with van der Waals surface area (Å²) in [4.78, 5) is 16.9. The number of unbranched alkanes of at least 4 members (excludes halogenated alkanes) is 7. The molecule has 1 N–H and O–H groups in total. The second-order valence-electron chi connectivity index (χ2n) is 8.70. The minimum atomic E-state index is -0.0698. The number of aromatic nitrogens is 2. The van der Waals surface area contributed by atoms with Crippen molar-refractivity contribution in [3.63, 3.8) is 0 Å². The van der Waals surface area contributed by atoms with Crippen LogP contribution in [0.1, 0.15) is 70.5 Å². The molecule has 0 fully saturated rings. The van der Waals surface area contributed by atoms with Gasteiger partial charge in [0.25, 0.3) is 5.91 Å². The summed E-state index contributed by atoms with van der Waals surface area (Å²) in [5.41, 5.74) is 2.36. The van der Waals surface area contributed by atoms with Gasteiger partial charge in [-0.25, -0.2) is 4.98 Å². The molecule has 0 radical (unpaired) electrons. The Morgan fingerprint density at radius 2 is 1.61 bits per heavy atom. The van der Waals surface area contributed by atoms with Gasteiger partial charge >= 0.3 is 0 Å². The van der Waals surface area contributed by atoms with Crippen molar-refractivity contribution in [2.75, 3.05) is 13.2 Å². The minimum absolute atomic E-state index is 0.0620. The zero-order valence-electron chi connectivity index (χ0n) is 20.1. The molecule has 1 heterocycles. The lowest BCUT2D eigenvalue weighted by atomic mass is 10.1.